The average Bonchev–Trinajstić information content (AvgIpc) is 3.04. The summed E-state index contributed by atoms with van der Waals surface area (Å²) in [6, 6.07) is 1.71. The minimum atomic E-state index is -4.31. The lowest BCUT2D eigenvalue weighted by atomic mass is 9.96. The van der Waals surface area contributed by atoms with Crippen molar-refractivity contribution in [1.82, 2.24) is 19.7 Å². The van der Waals surface area contributed by atoms with Crippen LogP contribution in [0.5, 0.6) is 0 Å². The molecular weight excluding hydrogens is 307 g/mol. The molecule has 0 saturated carbocycles. The Kier molecular flexibility index (Phi) is 5.23. The molecule has 126 valence electrons. The lowest BCUT2D eigenvalue weighted by Crippen LogP contribution is -2.24. The first-order chi connectivity index (χ1) is 10.9. The number of hydrogen-bond acceptors (Lipinski definition) is 4. The molecule has 8 heteroatoms. The zero-order valence-corrected chi connectivity index (χ0v) is 13.4. The molecule has 0 saturated heterocycles. The number of anilines is 1. The average molecular weight is 327 g/mol. The number of halogens is 3. The molecule has 1 N–H and O–H groups in total. The van der Waals surface area contributed by atoms with Gasteiger partial charge in [0.25, 0.3) is 5.95 Å². The summed E-state index contributed by atoms with van der Waals surface area (Å²) in [6.07, 6.45) is 0.316. The molecular formula is C15H20F3N5. The SMILES string of the molecule is CCc1nc(-n2cccn2)nc(NCC(F)(F)F)c1C(C)CC. The van der Waals surface area contributed by atoms with Gasteiger partial charge in [0.05, 0.1) is 5.69 Å². The van der Waals surface area contributed by atoms with Crippen molar-refractivity contribution >= 4 is 5.82 Å². The molecule has 0 aliphatic heterocycles. The summed E-state index contributed by atoms with van der Waals surface area (Å²) in [4.78, 5) is 8.75. The molecule has 0 aromatic carbocycles. The van der Waals surface area contributed by atoms with E-state index in [2.05, 4.69) is 20.4 Å². The molecule has 1 unspecified atom stereocenters. The van der Waals surface area contributed by atoms with E-state index >= 15 is 0 Å². The third-order valence-electron chi connectivity index (χ3n) is 3.62. The Hall–Kier alpha value is -2.12. The minimum Gasteiger partial charge on any atom is -0.361 e. The van der Waals surface area contributed by atoms with Crippen molar-refractivity contribution < 1.29 is 13.2 Å². The Labute approximate surface area is 133 Å². The largest absolute Gasteiger partial charge is 0.405 e. The van der Waals surface area contributed by atoms with Crippen molar-refractivity contribution in [2.45, 2.75) is 45.7 Å². The second-order valence-electron chi connectivity index (χ2n) is 5.31. The monoisotopic (exact) mass is 327 g/mol. The molecule has 2 aromatic rings. The first-order valence-electron chi connectivity index (χ1n) is 7.57. The zero-order chi connectivity index (χ0) is 17.0. The fraction of sp³-hybridized carbons (Fsp3) is 0.533. The predicted molar refractivity (Wildman–Crippen MR) is 81.8 cm³/mol. The van der Waals surface area contributed by atoms with E-state index in [4.69, 9.17) is 0 Å². The highest BCUT2D eigenvalue weighted by molar-refractivity contribution is 5.50. The Morgan fingerprint density at radius 2 is 2.00 bits per heavy atom. The van der Waals surface area contributed by atoms with Crippen LogP contribution in [0.1, 0.15) is 44.4 Å². The summed E-state index contributed by atoms with van der Waals surface area (Å²) in [5.74, 6) is 0.560. The smallest absolute Gasteiger partial charge is 0.361 e. The fourth-order valence-corrected chi connectivity index (χ4v) is 2.30. The van der Waals surface area contributed by atoms with Gasteiger partial charge >= 0.3 is 6.18 Å². The molecule has 0 aliphatic carbocycles. The van der Waals surface area contributed by atoms with Crippen LogP contribution in [0.25, 0.3) is 5.95 Å². The van der Waals surface area contributed by atoms with Crippen LogP contribution in [0.2, 0.25) is 0 Å². The third-order valence-corrected chi connectivity index (χ3v) is 3.62. The van der Waals surface area contributed by atoms with Gasteiger partial charge in [-0.25, -0.2) is 9.67 Å². The van der Waals surface area contributed by atoms with Crippen molar-refractivity contribution in [3.8, 4) is 5.95 Å². The van der Waals surface area contributed by atoms with Gasteiger partial charge in [-0.1, -0.05) is 20.8 Å². The lowest BCUT2D eigenvalue weighted by Gasteiger charge is -2.20. The van der Waals surface area contributed by atoms with Crippen molar-refractivity contribution in [2.24, 2.45) is 0 Å². The lowest BCUT2D eigenvalue weighted by molar-refractivity contribution is -0.115. The van der Waals surface area contributed by atoms with Crippen LogP contribution < -0.4 is 5.32 Å². The molecule has 2 heterocycles. The van der Waals surface area contributed by atoms with Gasteiger partial charge in [0.15, 0.2) is 0 Å². The molecule has 0 radical (unpaired) electrons. The molecule has 5 nitrogen and oxygen atoms in total. The molecule has 2 aromatic heterocycles. The highest BCUT2D eigenvalue weighted by atomic mass is 19.4. The Bertz CT molecular complexity index is 637. The van der Waals surface area contributed by atoms with Crippen LogP contribution in [0, 0.1) is 0 Å². The van der Waals surface area contributed by atoms with E-state index in [0.717, 1.165) is 17.7 Å². The third kappa shape index (κ3) is 4.20. The van der Waals surface area contributed by atoms with Crippen LogP contribution in [-0.4, -0.2) is 32.5 Å². The number of nitrogens with zero attached hydrogens (tertiary/aromatic N) is 4. The number of nitrogens with one attached hydrogen (secondary N) is 1. The molecule has 0 amide bonds. The van der Waals surface area contributed by atoms with Gasteiger partial charge in [-0.2, -0.15) is 23.3 Å². The zero-order valence-electron chi connectivity index (χ0n) is 13.4. The second-order valence-corrected chi connectivity index (χ2v) is 5.31. The summed E-state index contributed by atoms with van der Waals surface area (Å²) in [5, 5.41) is 6.48. The van der Waals surface area contributed by atoms with Crippen LogP contribution in [0.3, 0.4) is 0 Å². The van der Waals surface area contributed by atoms with Gasteiger partial charge in [-0.05, 0) is 24.8 Å². The van der Waals surface area contributed by atoms with Gasteiger partial charge in [0.1, 0.15) is 12.4 Å². The van der Waals surface area contributed by atoms with Crippen molar-refractivity contribution in [3.05, 3.63) is 29.7 Å². The summed E-state index contributed by atoms with van der Waals surface area (Å²) in [6.45, 7) is 4.74. The van der Waals surface area contributed by atoms with Crippen LogP contribution in [0.4, 0.5) is 19.0 Å². The van der Waals surface area contributed by atoms with Crippen molar-refractivity contribution in [1.29, 1.82) is 0 Å². The van der Waals surface area contributed by atoms with E-state index in [-0.39, 0.29) is 17.7 Å². The number of aromatic nitrogens is 4. The predicted octanol–water partition coefficient (Wildman–Crippen LogP) is 3.71. The second kappa shape index (κ2) is 6.97. The molecule has 1 atom stereocenters. The molecule has 23 heavy (non-hydrogen) atoms. The maximum absolute atomic E-state index is 12.6. The number of rotatable bonds is 6. The fourth-order valence-electron chi connectivity index (χ4n) is 2.30. The van der Waals surface area contributed by atoms with Gasteiger partial charge in [-0.15, -0.1) is 0 Å². The van der Waals surface area contributed by atoms with E-state index < -0.39 is 12.7 Å². The van der Waals surface area contributed by atoms with Crippen LogP contribution in [-0.2, 0) is 6.42 Å². The van der Waals surface area contributed by atoms with E-state index in [0.29, 0.717) is 6.42 Å². The Morgan fingerprint density at radius 1 is 1.26 bits per heavy atom. The number of aryl methyl sites for hydroxylation is 1. The van der Waals surface area contributed by atoms with Crippen molar-refractivity contribution in [3.63, 3.8) is 0 Å². The topological polar surface area (TPSA) is 55.6 Å². The van der Waals surface area contributed by atoms with Gasteiger partial charge in [0.2, 0.25) is 0 Å². The van der Waals surface area contributed by atoms with Crippen molar-refractivity contribution in [2.75, 3.05) is 11.9 Å². The standard InChI is InChI=1S/C15H20F3N5/c1-4-10(3)12-11(5-2)21-14(23-8-6-7-20-23)22-13(12)19-9-15(16,17)18/h6-8,10H,4-5,9H2,1-3H3,(H,19,21,22). The molecule has 0 aliphatic rings. The van der Waals surface area contributed by atoms with Crippen LogP contribution in [0.15, 0.2) is 18.5 Å². The summed E-state index contributed by atoms with van der Waals surface area (Å²) >= 11 is 0. The molecule has 0 spiro atoms. The van der Waals surface area contributed by atoms with Gasteiger partial charge in [0, 0.05) is 18.0 Å². The van der Waals surface area contributed by atoms with Gasteiger partial charge in [-0.3, -0.25) is 0 Å². The molecule has 0 fully saturated rings. The quantitative estimate of drug-likeness (QED) is 0.879. The Balaban J connectivity index is 2.50. The van der Waals surface area contributed by atoms with E-state index in [1.54, 1.807) is 18.5 Å². The first kappa shape index (κ1) is 17.2. The first-order valence-corrected chi connectivity index (χ1v) is 7.57. The minimum absolute atomic E-state index is 0.0624. The summed E-state index contributed by atoms with van der Waals surface area (Å²) < 4.78 is 39.2. The summed E-state index contributed by atoms with van der Waals surface area (Å²) in [5.41, 5.74) is 1.49. The van der Waals surface area contributed by atoms with E-state index in [1.165, 1.54) is 4.68 Å². The van der Waals surface area contributed by atoms with Gasteiger partial charge < -0.3 is 5.32 Å². The van der Waals surface area contributed by atoms with Crippen LogP contribution >= 0.6 is 0 Å². The molecule has 2 rings (SSSR count). The van der Waals surface area contributed by atoms with E-state index in [9.17, 15) is 13.2 Å². The molecule has 0 bridgehead atoms. The number of alkyl halides is 3. The Morgan fingerprint density at radius 3 is 2.52 bits per heavy atom. The maximum Gasteiger partial charge on any atom is 0.405 e. The normalized spacial score (nSPS) is 13.1. The van der Waals surface area contributed by atoms with E-state index in [1.807, 2.05) is 20.8 Å². The summed E-state index contributed by atoms with van der Waals surface area (Å²) in [7, 11) is 0. The highest BCUT2D eigenvalue weighted by Gasteiger charge is 2.28. The maximum atomic E-state index is 12.6. The highest BCUT2D eigenvalue weighted by Crippen LogP contribution is 2.30. The number of hydrogen-bond donors (Lipinski definition) is 1.